The Balaban J connectivity index is 1.67. The maximum atomic E-state index is 11.7. The molecule has 6 nitrogen and oxygen atoms in total. The van der Waals surface area contributed by atoms with Gasteiger partial charge in [-0.1, -0.05) is 13.8 Å². The molecule has 3 rings (SSSR count). The molecule has 1 saturated carbocycles. The van der Waals surface area contributed by atoms with Gasteiger partial charge in [0.15, 0.2) is 0 Å². The van der Waals surface area contributed by atoms with E-state index >= 15 is 0 Å². The number of aromatic nitrogens is 3. The van der Waals surface area contributed by atoms with Crippen LogP contribution in [0.5, 0.6) is 0 Å². The third-order valence-electron chi connectivity index (χ3n) is 4.58. The summed E-state index contributed by atoms with van der Waals surface area (Å²) in [5.74, 6) is 2.25. The molecule has 0 saturated heterocycles. The van der Waals surface area contributed by atoms with Crippen LogP contribution in [0.2, 0.25) is 0 Å². The summed E-state index contributed by atoms with van der Waals surface area (Å²) in [5, 5.41) is 14.1. The first-order valence-electron chi connectivity index (χ1n) is 8.68. The van der Waals surface area contributed by atoms with Gasteiger partial charge < -0.3 is 15.4 Å². The van der Waals surface area contributed by atoms with Crippen LogP contribution in [0.3, 0.4) is 0 Å². The number of hydrogen-bond acceptors (Lipinski definition) is 6. The van der Waals surface area contributed by atoms with Crippen molar-refractivity contribution in [3.8, 4) is 11.4 Å². The van der Waals surface area contributed by atoms with Crippen molar-refractivity contribution in [2.75, 3.05) is 17.6 Å². The van der Waals surface area contributed by atoms with Gasteiger partial charge in [0.2, 0.25) is 0 Å². The Morgan fingerprint density at radius 3 is 2.88 bits per heavy atom. The quantitative estimate of drug-likeness (QED) is 0.703. The van der Waals surface area contributed by atoms with Gasteiger partial charge in [0.05, 0.1) is 5.60 Å². The third kappa shape index (κ3) is 4.04. The van der Waals surface area contributed by atoms with Crippen molar-refractivity contribution >= 4 is 17.6 Å². The normalized spacial score (nSPS) is 22.4. The first kappa shape index (κ1) is 17.9. The molecule has 7 heteroatoms. The van der Waals surface area contributed by atoms with Gasteiger partial charge in [0.1, 0.15) is 11.6 Å². The number of nitrogens with zero attached hydrogens (tertiary/aromatic N) is 2. The lowest BCUT2D eigenvalue weighted by Crippen LogP contribution is -2.54. The van der Waals surface area contributed by atoms with E-state index in [4.69, 9.17) is 0 Å². The zero-order chi connectivity index (χ0) is 17.9. The van der Waals surface area contributed by atoms with Crippen molar-refractivity contribution in [2.24, 2.45) is 0 Å². The monoisotopic (exact) mass is 360 g/mol. The average molecular weight is 360 g/mol. The van der Waals surface area contributed by atoms with Crippen LogP contribution < -0.4 is 10.9 Å². The van der Waals surface area contributed by atoms with Crippen LogP contribution in [0.15, 0.2) is 29.2 Å². The van der Waals surface area contributed by atoms with Crippen molar-refractivity contribution in [1.29, 1.82) is 0 Å². The molecular weight excluding hydrogens is 336 g/mol. The number of aryl methyl sites for hydroxylation is 1. The summed E-state index contributed by atoms with van der Waals surface area (Å²) in [5.41, 5.74) is 0.714. The Morgan fingerprint density at radius 2 is 2.28 bits per heavy atom. The summed E-state index contributed by atoms with van der Waals surface area (Å²) in [6.07, 6.45) is 4.28. The van der Waals surface area contributed by atoms with Crippen LogP contribution in [0.4, 0.5) is 5.82 Å². The van der Waals surface area contributed by atoms with Crippen LogP contribution in [0.25, 0.3) is 11.4 Å². The summed E-state index contributed by atoms with van der Waals surface area (Å²) in [7, 11) is 0. The SMILES string of the molecule is CCSC1CCC1(O)CNc1ccc(-c2nc(CC)cc(=O)[nH]2)cn1. The highest BCUT2D eigenvalue weighted by atomic mass is 32.2. The first-order chi connectivity index (χ1) is 12.0. The minimum absolute atomic E-state index is 0.157. The topological polar surface area (TPSA) is 90.9 Å². The summed E-state index contributed by atoms with van der Waals surface area (Å²) in [6, 6.07) is 5.23. The molecule has 0 aromatic carbocycles. The molecule has 134 valence electrons. The molecule has 1 fully saturated rings. The van der Waals surface area contributed by atoms with Crippen LogP contribution in [0, 0.1) is 0 Å². The molecule has 0 amide bonds. The Morgan fingerprint density at radius 1 is 1.44 bits per heavy atom. The molecule has 2 aromatic heterocycles. The summed E-state index contributed by atoms with van der Waals surface area (Å²) in [4.78, 5) is 23.2. The molecular formula is C18H24N4O2S. The first-order valence-corrected chi connectivity index (χ1v) is 9.73. The number of rotatable bonds is 7. The fraction of sp³-hybridized carbons (Fsp3) is 0.500. The zero-order valence-corrected chi connectivity index (χ0v) is 15.4. The maximum Gasteiger partial charge on any atom is 0.251 e. The number of pyridine rings is 1. The van der Waals surface area contributed by atoms with E-state index in [0.29, 0.717) is 29.9 Å². The number of aliphatic hydroxyl groups is 1. The highest BCUT2D eigenvalue weighted by molar-refractivity contribution is 8.00. The van der Waals surface area contributed by atoms with Crippen LogP contribution in [0.1, 0.15) is 32.4 Å². The van der Waals surface area contributed by atoms with Gasteiger partial charge >= 0.3 is 0 Å². The largest absolute Gasteiger partial charge is 0.387 e. The number of nitrogens with one attached hydrogen (secondary N) is 2. The van der Waals surface area contributed by atoms with Crippen LogP contribution >= 0.6 is 11.8 Å². The van der Waals surface area contributed by atoms with E-state index in [0.717, 1.165) is 29.9 Å². The van der Waals surface area contributed by atoms with Gasteiger partial charge in [-0.25, -0.2) is 9.97 Å². The Labute approximate surface area is 151 Å². The number of hydrogen-bond donors (Lipinski definition) is 3. The van der Waals surface area contributed by atoms with Gasteiger partial charge in [-0.15, -0.1) is 0 Å². The second-order valence-electron chi connectivity index (χ2n) is 6.31. The molecule has 3 N–H and O–H groups in total. The maximum absolute atomic E-state index is 11.7. The lowest BCUT2D eigenvalue weighted by Gasteiger charge is -2.45. The molecule has 2 atom stereocenters. The average Bonchev–Trinajstić information content (AvgIpc) is 2.63. The number of anilines is 1. The van der Waals surface area contributed by atoms with Crippen molar-refractivity contribution in [3.63, 3.8) is 0 Å². The molecule has 2 unspecified atom stereocenters. The number of aromatic amines is 1. The second-order valence-corrected chi connectivity index (χ2v) is 7.79. The third-order valence-corrected chi connectivity index (χ3v) is 5.99. The standard InChI is InChI=1S/C18H24N4O2S/c1-3-13-9-16(23)22-17(21-13)12-5-6-15(19-10-12)20-11-18(24)8-7-14(18)25-4-2/h5-6,9-10,14,24H,3-4,7-8,11H2,1-2H3,(H,19,20)(H,21,22,23). The lowest BCUT2D eigenvalue weighted by atomic mass is 9.79. The van der Waals surface area contributed by atoms with E-state index in [-0.39, 0.29) is 5.56 Å². The van der Waals surface area contributed by atoms with E-state index in [2.05, 4.69) is 27.2 Å². The molecule has 0 bridgehead atoms. The van der Waals surface area contributed by atoms with E-state index in [1.54, 1.807) is 6.20 Å². The van der Waals surface area contributed by atoms with E-state index in [1.165, 1.54) is 6.07 Å². The molecule has 0 aliphatic heterocycles. The van der Waals surface area contributed by atoms with E-state index in [1.807, 2.05) is 30.8 Å². The van der Waals surface area contributed by atoms with Crippen molar-refractivity contribution in [1.82, 2.24) is 15.0 Å². The Kier molecular flexibility index (Phi) is 5.44. The fourth-order valence-corrected chi connectivity index (χ4v) is 4.14. The summed E-state index contributed by atoms with van der Waals surface area (Å²) >= 11 is 1.81. The molecule has 1 aliphatic carbocycles. The number of thioether (sulfide) groups is 1. The smallest absolute Gasteiger partial charge is 0.251 e. The molecule has 0 spiro atoms. The molecule has 25 heavy (non-hydrogen) atoms. The van der Waals surface area contributed by atoms with Crippen molar-refractivity contribution in [2.45, 2.75) is 44.0 Å². The predicted molar refractivity (Wildman–Crippen MR) is 102 cm³/mol. The highest BCUT2D eigenvalue weighted by Crippen LogP contribution is 2.41. The Hall–Kier alpha value is -1.86. The lowest BCUT2D eigenvalue weighted by molar-refractivity contribution is -0.0120. The van der Waals surface area contributed by atoms with E-state index < -0.39 is 5.60 Å². The molecule has 2 aromatic rings. The van der Waals surface area contributed by atoms with Gasteiger partial charge in [0.25, 0.3) is 5.56 Å². The van der Waals surface area contributed by atoms with Crippen LogP contribution in [-0.4, -0.2) is 43.2 Å². The predicted octanol–water partition coefficient (Wildman–Crippen LogP) is 2.45. The van der Waals surface area contributed by atoms with Gasteiger partial charge in [0, 0.05) is 35.3 Å². The van der Waals surface area contributed by atoms with E-state index in [9.17, 15) is 9.90 Å². The minimum Gasteiger partial charge on any atom is -0.387 e. The Bertz CT molecular complexity index is 777. The van der Waals surface area contributed by atoms with Gasteiger partial charge in [-0.3, -0.25) is 4.79 Å². The molecule has 2 heterocycles. The number of H-pyrrole nitrogens is 1. The molecule has 1 aliphatic rings. The fourth-order valence-electron chi connectivity index (χ4n) is 2.95. The minimum atomic E-state index is -0.650. The van der Waals surface area contributed by atoms with Gasteiger partial charge in [-0.2, -0.15) is 11.8 Å². The van der Waals surface area contributed by atoms with Crippen molar-refractivity contribution in [3.05, 3.63) is 40.4 Å². The zero-order valence-electron chi connectivity index (χ0n) is 14.6. The van der Waals surface area contributed by atoms with Crippen molar-refractivity contribution < 1.29 is 5.11 Å². The second kappa shape index (κ2) is 7.58. The van der Waals surface area contributed by atoms with Gasteiger partial charge in [-0.05, 0) is 37.1 Å². The van der Waals surface area contributed by atoms with Crippen LogP contribution in [-0.2, 0) is 6.42 Å². The highest BCUT2D eigenvalue weighted by Gasteiger charge is 2.44. The molecule has 0 radical (unpaired) electrons. The summed E-state index contributed by atoms with van der Waals surface area (Å²) in [6.45, 7) is 4.58. The summed E-state index contributed by atoms with van der Waals surface area (Å²) < 4.78 is 0.